The Balaban J connectivity index is 1.34. The monoisotopic (exact) mass is 375 g/mol. The molecule has 152 valence electrons. The maximum absolute atomic E-state index is 9.51. The van der Waals surface area contributed by atoms with E-state index in [0.29, 0.717) is 24.7 Å². The number of piperidine rings is 3. The number of nitrogens with zero attached hydrogens (tertiary/aromatic N) is 4. The van der Waals surface area contributed by atoms with Crippen molar-refractivity contribution < 1.29 is 5.11 Å². The number of rotatable bonds is 6. The summed E-state index contributed by atoms with van der Waals surface area (Å²) < 4.78 is 2.15. The second-order valence-corrected chi connectivity index (χ2v) is 8.74. The number of aliphatic hydroxyl groups excluding tert-OH is 1. The van der Waals surface area contributed by atoms with Gasteiger partial charge in [-0.3, -0.25) is 9.58 Å². The first-order valence-electron chi connectivity index (χ1n) is 11.1. The fraction of sp³-hybridized carbons (Fsp3) is 0.857. The van der Waals surface area contributed by atoms with E-state index in [2.05, 4.69) is 31.1 Å². The highest BCUT2D eigenvalue weighted by Crippen LogP contribution is 2.29. The van der Waals surface area contributed by atoms with Gasteiger partial charge in [-0.05, 0) is 63.6 Å². The molecule has 3 saturated heterocycles. The largest absolute Gasteiger partial charge is 0.396 e. The predicted octanol–water partition coefficient (Wildman–Crippen LogP) is 1.74. The van der Waals surface area contributed by atoms with Crippen molar-refractivity contribution in [3.8, 4) is 0 Å². The summed E-state index contributed by atoms with van der Waals surface area (Å²) >= 11 is 0. The van der Waals surface area contributed by atoms with E-state index in [9.17, 15) is 5.11 Å². The highest BCUT2D eigenvalue weighted by atomic mass is 16.3. The third-order valence-electron chi connectivity index (χ3n) is 7.10. The zero-order valence-corrected chi connectivity index (χ0v) is 16.7. The lowest BCUT2D eigenvalue weighted by atomic mass is 9.86. The minimum Gasteiger partial charge on any atom is -0.396 e. The van der Waals surface area contributed by atoms with Crippen LogP contribution in [0.5, 0.6) is 0 Å². The third kappa shape index (κ3) is 4.73. The zero-order chi connectivity index (χ0) is 18.5. The van der Waals surface area contributed by atoms with Crippen LogP contribution >= 0.6 is 0 Å². The lowest BCUT2D eigenvalue weighted by Gasteiger charge is -2.48. The minimum absolute atomic E-state index is 0.326. The Morgan fingerprint density at radius 1 is 1.07 bits per heavy atom. The molecule has 4 rings (SSSR count). The van der Waals surface area contributed by atoms with Crippen molar-refractivity contribution in [3.05, 3.63) is 18.5 Å². The molecule has 1 aromatic heterocycles. The number of aromatic nitrogens is 2. The van der Waals surface area contributed by atoms with Crippen LogP contribution in [0.1, 0.15) is 51.0 Å². The Hall–Kier alpha value is -0.950. The lowest BCUT2D eigenvalue weighted by Crippen LogP contribution is -2.58. The van der Waals surface area contributed by atoms with Gasteiger partial charge in [0.25, 0.3) is 0 Å². The molecule has 4 heterocycles. The smallest absolute Gasteiger partial charge is 0.0543 e. The van der Waals surface area contributed by atoms with E-state index in [4.69, 9.17) is 0 Å². The summed E-state index contributed by atoms with van der Waals surface area (Å²) in [5, 5.41) is 17.6. The molecule has 27 heavy (non-hydrogen) atoms. The van der Waals surface area contributed by atoms with Gasteiger partial charge in [0.1, 0.15) is 0 Å². The van der Waals surface area contributed by atoms with E-state index in [0.717, 1.165) is 25.4 Å². The molecule has 0 bridgehead atoms. The maximum atomic E-state index is 9.51. The predicted molar refractivity (Wildman–Crippen MR) is 108 cm³/mol. The Bertz CT molecular complexity index is 541. The molecule has 2 N–H and O–H groups in total. The first kappa shape index (κ1) is 19.4. The van der Waals surface area contributed by atoms with Gasteiger partial charge < -0.3 is 15.3 Å². The molecule has 1 aromatic rings. The highest BCUT2D eigenvalue weighted by Gasteiger charge is 2.36. The molecule has 0 saturated carbocycles. The molecule has 0 aromatic carbocycles. The van der Waals surface area contributed by atoms with Crippen molar-refractivity contribution in [3.63, 3.8) is 0 Å². The Morgan fingerprint density at radius 2 is 1.96 bits per heavy atom. The summed E-state index contributed by atoms with van der Waals surface area (Å²) in [5.74, 6) is 0.756. The first-order chi connectivity index (χ1) is 13.3. The molecular formula is C21H37N5O. The van der Waals surface area contributed by atoms with E-state index in [1.807, 2.05) is 12.3 Å². The van der Waals surface area contributed by atoms with Crippen LogP contribution in [0, 0.1) is 5.92 Å². The molecule has 3 fully saturated rings. The van der Waals surface area contributed by atoms with Gasteiger partial charge in [-0.25, -0.2) is 0 Å². The summed E-state index contributed by atoms with van der Waals surface area (Å²) in [5.41, 5.74) is 0. The zero-order valence-electron chi connectivity index (χ0n) is 16.7. The van der Waals surface area contributed by atoms with Crippen LogP contribution in [0.15, 0.2) is 18.5 Å². The van der Waals surface area contributed by atoms with Gasteiger partial charge in [-0.15, -0.1) is 0 Å². The van der Waals surface area contributed by atoms with E-state index < -0.39 is 0 Å². The number of likely N-dealkylation sites (tertiary alicyclic amines) is 2. The number of nitrogens with one attached hydrogen (secondary N) is 1. The van der Waals surface area contributed by atoms with Gasteiger partial charge in [0, 0.05) is 57.3 Å². The van der Waals surface area contributed by atoms with Crippen LogP contribution in [0.4, 0.5) is 0 Å². The standard InChI is InChI=1S/C21H37N5O/c27-15-8-19-4-1-2-11-25(19)21-16-22-10-5-18(21)17-24-13-6-20(7-14-24)26-12-3-9-23-26/h3,9,12,18-22,27H,1-2,4-8,10-11,13-17H2. The molecular weight excluding hydrogens is 338 g/mol. The van der Waals surface area contributed by atoms with Crippen LogP contribution in [0.3, 0.4) is 0 Å². The van der Waals surface area contributed by atoms with Gasteiger partial charge in [-0.1, -0.05) is 6.42 Å². The quantitative estimate of drug-likeness (QED) is 0.793. The fourth-order valence-corrected chi connectivity index (χ4v) is 5.61. The first-order valence-corrected chi connectivity index (χ1v) is 11.1. The van der Waals surface area contributed by atoms with Crippen LogP contribution in [0.25, 0.3) is 0 Å². The second kappa shape index (κ2) is 9.50. The molecule has 6 nitrogen and oxygen atoms in total. The maximum Gasteiger partial charge on any atom is 0.0543 e. The van der Waals surface area contributed by atoms with E-state index >= 15 is 0 Å². The summed E-state index contributed by atoms with van der Waals surface area (Å²) in [6.45, 7) is 7.45. The molecule has 0 amide bonds. The third-order valence-corrected chi connectivity index (χ3v) is 7.10. The average molecular weight is 376 g/mol. The minimum atomic E-state index is 0.326. The van der Waals surface area contributed by atoms with Gasteiger partial charge in [0.2, 0.25) is 0 Å². The molecule has 3 unspecified atom stereocenters. The van der Waals surface area contributed by atoms with E-state index in [-0.39, 0.29) is 0 Å². The Labute approximate surface area is 163 Å². The van der Waals surface area contributed by atoms with Crippen molar-refractivity contribution in [1.82, 2.24) is 24.9 Å². The SMILES string of the molecule is OCCC1CCCCN1C1CNCCC1CN1CCC(n2cccn2)CC1. The van der Waals surface area contributed by atoms with Crippen molar-refractivity contribution in [2.45, 2.75) is 63.1 Å². The van der Waals surface area contributed by atoms with Crippen molar-refractivity contribution in [2.75, 3.05) is 45.9 Å². The normalized spacial score (nSPS) is 32.0. The molecule has 3 aliphatic rings. The van der Waals surface area contributed by atoms with E-state index in [1.54, 1.807) is 0 Å². The van der Waals surface area contributed by atoms with Crippen LogP contribution in [-0.2, 0) is 0 Å². The Morgan fingerprint density at radius 3 is 2.74 bits per heavy atom. The van der Waals surface area contributed by atoms with Crippen LogP contribution in [-0.4, -0.2) is 82.6 Å². The van der Waals surface area contributed by atoms with Gasteiger partial charge in [0.05, 0.1) is 6.04 Å². The molecule has 3 aliphatic heterocycles. The molecule has 6 heteroatoms. The van der Waals surface area contributed by atoms with Crippen molar-refractivity contribution in [1.29, 1.82) is 0 Å². The molecule has 0 spiro atoms. The topological polar surface area (TPSA) is 56.6 Å². The molecule has 3 atom stereocenters. The second-order valence-electron chi connectivity index (χ2n) is 8.74. The van der Waals surface area contributed by atoms with E-state index in [1.165, 1.54) is 64.7 Å². The van der Waals surface area contributed by atoms with Crippen molar-refractivity contribution >= 4 is 0 Å². The van der Waals surface area contributed by atoms with Gasteiger partial charge in [-0.2, -0.15) is 5.10 Å². The van der Waals surface area contributed by atoms with Gasteiger partial charge in [0.15, 0.2) is 0 Å². The van der Waals surface area contributed by atoms with Gasteiger partial charge >= 0.3 is 0 Å². The summed E-state index contributed by atoms with van der Waals surface area (Å²) in [4.78, 5) is 5.46. The number of aliphatic hydroxyl groups is 1. The van der Waals surface area contributed by atoms with Crippen molar-refractivity contribution in [2.24, 2.45) is 5.92 Å². The Kier molecular flexibility index (Phi) is 6.82. The number of hydrogen-bond acceptors (Lipinski definition) is 5. The summed E-state index contributed by atoms with van der Waals surface area (Å²) in [6, 6.07) is 3.84. The summed E-state index contributed by atoms with van der Waals surface area (Å²) in [7, 11) is 0. The molecule has 0 radical (unpaired) electrons. The lowest BCUT2D eigenvalue weighted by molar-refractivity contribution is 0.0193. The number of hydrogen-bond donors (Lipinski definition) is 2. The summed E-state index contributed by atoms with van der Waals surface area (Å²) in [6.07, 6.45) is 12.6. The van der Waals surface area contributed by atoms with Crippen LogP contribution in [0.2, 0.25) is 0 Å². The average Bonchev–Trinajstić information content (AvgIpc) is 3.25. The fourth-order valence-electron chi connectivity index (χ4n) is 5.61. The molecule has 0 aliphatic carbocycles. The van der Waals surface area contributed by atoms with Crippen LogP contribution < -0.4 is 5.32 Å². The highest BCUT2D eigenvalue weighted by molar-refractivity contribution is 4.93.